The molecule has 1 amide bonds. The van der Waals surface area contributed by atoms with Gasteiger partial charge in [0.15, 0.2) is 5.82 Å². The third-order valence-corrected chi connectivity index (χ3v) is 6.41. The summed E-state index contributed by atoms with van der Waals surface area (Å²) in [7, 11) is -3.67. The van der Waals surface area contributed by atoms with Crippen molar-refractivity contribution in [2.45, 2.75) is 30.4 Å². The zero-order valence-electron chi connectivity index (χ0n) is 15.0. The zero-order valence-corrected chi connectivity index (χ0v) is 16.6. The molecule has 3 rings (SSSR count). The number of rotatable bonds is 5. The minimum atomic E-state index is -3.67. The van der Waals surface area contributed by atoms with Gasteiger partial charge in [-0.25, -0.2) is 8.42 Å². The Morgan fingerprint density at radius 1 is 1.15 bits per heavy atom. The van der Waals surface area contributed by atoms with E-state index in [1.165, 1.54) is 12.1 Å². The van der Waals surface area contributed by atoms with Crippen LogP contribution in [0.2, 0.25) is 0 Å². The Hall–Kier alpha value is -2.65. The minimum Gasteiger partial charge on any atom is -0.359 e. The predicted molar refractivity (Wildman–Crippen MR) is 105 cm³/mol. The fourth-order valence-corrected chi connectivity index (χ4v) is 4.26. The molecule has 3 aromatic rings. The highest BCUT2D eigenvalue weighted by atomic mass is 32.2. The molecule has 0 fully saturated rings. The van der Waals surface area contributed by atoms with Crippen molar-refractivity contribution in [2.75, 3.05) is 10.0 Å². The topological polar surface area (TPSA) is 101 Å². The maximum Gasteiger partial charge on any atom is 0.271 e. The summed E-state index contributed by atoms with van der Waals surface area (Å²) in [6, 6.07) is 11.1. The molecule has 0 spiro atoms. The number of sulfonamides is 1. The van der Waals surface area contributed by atoms with Gasteiger partial charge in [-0.15, -0.1) is 11.3 Å². The zero-order chi connectivity index (χ0) is 19.7. The molecule has 0 aliphatic heterocycles. The number of hydrogen-bond acceptors (Lipinski definition) is 6. The lowest BCUT2D eigenvalue weighted by Gasteiger charge is -2.12. The highest BCUT2D eigenvalue weighted by Gasteiger charge is 2.21. The number of benzene rings is 1. The number of amides is 1. The third-order valence-electron chi connectivity index (χ3n) is 3.63. The summed E-state index contributed by atoms with van der Waals surface area (Å²) < 4.78 is 32.5. The SMILES string of the molecule is CC(C)(C)c1cc(NC(=O)c2cccc(NS(=O)(=O)c3cccs3)c2)no1. The van der Waals surface area contributed by atoms with Crippen LogP contribution in [0.3, 0.4) is 0 Å². The molecule has 0 atom stereocenters. The summed E-state index contributed by atoms with van der Waals surface area (Å²) in [6.07, 6.45) is 0. The van der Waals surface area contributed by atoms with Crippen LogP contribution in [-0.2, 0) is 15.4 Å². The molecule has 2 heterocycles. The summed E-state index contributed by atoms with van der Waals surface area (Å²) in [6.45, 7) is 5.92. The first-order chi connectivity index (χ1) is 12.6. The monoisotopic (exact) mass is 405 g/mol. The van der Waals surface area contributed by atoms with Crippen molar-refractivity contribution in [3.05, 3.63) is 59.2 Å². The van der Waals surface area contributed by atoms with Crippen molar-refractivity contribution in [2.24, 2.45) is 0 Å². The summed E-state index contributed by atoms with van der Waals surface area (Å²) in [4.78, 5) is 12.5. The number of hydrogen-bond donors (Lipinski definition) is 2. The minimum absolute atomic E-state index is 0.203. The maximum absolute atomic E-state index is 12.5. The van der Waals surface area contributed by atoms with E-state index < -0.39 is 15.9 Å². The molecule has 2 N–H and O–H groups in total. The van der Waals surface area contributed by atoms with Crippen molar-refractivity contribution in [3.8, 4) is 0 Å². The lowest BCUT2D eigenvalue weighted by Crippen LogP contribution is -2.14. The second-order valence-corrected chi connectivity index (χ2v) is 9.76. The first-order valence-electron chi connectivity index (χ1n) is 8.10. The van der Waals surface area contributed by atoms with Crippen LogP contribution >= 0.6 is 11.3 Å². The van der Waals surface area contributed by atoms with Gasteiger partial charge in [0.1, 0.15) is 9.97 Å². The number of carbonyl (C=O) groups is 1. The van der Waals surface area contributed by atoms with Gasteiger partial charge in [-0.1, -0.05) is 38.1 Å². The van der Waals surface area contributed by atoms with Gasteiger partial charge in [-0.05, 0) is 29.6 Å². The highest BCUT2D eigenvalue weighted by molar-refractivity contribution is 7.94. The molecule has 7 nitrogen and oxygen atoms in total. The average molecular weight is 406 g/mol. The second-order valence-electron chi connectivity index (χ2n) is 6.90. The number of thiophene rings is 1. The van der Waals surface area contributed by atoms with E-state index in [9.17, 15) is 13.2 Å². The molecule has 0 radical (unpaired) electrons. The van der Waals surface area contributed by atoms with E-state index in [4.69, 9.17) is 4.52 Å². The van der Waals surface area contributed by atoms with Crippen LogP contribution in [0.1, 0.15) is 36.9 Å². The molecule has 0 saturated carbocycles. The van der Waals surface area contributed by atoms with E-state index in [0.29, 0.717) is 22.8 Å². The third kappa shape index (κ3) is 4.55. The van der Waals surface area contributed by atoms with Crippen LogP contribution < -0.4 is 10.0 Å². The molecule has 1 aromatic carbocycles. The quantitative estimate of drug-likeness (QED) is 0.666. The molecular weight excluding hydrogens is 386 g/mol. The van der Waals surface area contributed by atoms with Gasteiger partial charge in [0.2, 0.25) is 0 Å². The van der Waals surface area contributed by atoms with Crippen molar-refractivity contribution in [1.29, 1.82) is 0 Å². The van der Waals surface area contributed by atoms with Crippen molar-refractivity contribution >= 4 is 38.8 Å². The smallest absolute Gasteiger partial charge is 0.271 e. The molecule has 0 bridgehead atoms. The van der Waals surface area contributed by atoms with E-state index in [1.54, 1.807) is 35.7 Å². The van der Waals surface area contributed by atoms with Gasteiger partial charge in [-0.2, -0.15) is 0 Å². The molecule has 0 aliphatic rings. The van der Waals surface area contributed by atoms with E-state index in [-0.39, 0.29) is 9.62 Å². The Morgan fingerprint density at radius 3 is 2.56 bits per heavy atom. The lowest BCUT2D eigenvalue weighted by atomic mass is 9.93. The van der Waals surface area contributed by atoms with Gasteiger partial charge < -0.3 is 9.84 Å². The Labute approximate surface area is 161 Å². The number of aromatic nitrogens is 1. The summed E-state index contributed by atoms with van der Waals surface area (Å²) in [5.74, 6) is 0.533. The summed E-state index contributed by atoms with van der Waals surface area (Å²) in [5.41, 5.74) is 0.365. The molecule has 142 valence electrons. The van der Waals surface area contributed by atoms with Gasteiger partial charge in [0.25, 0.3) is 15.9 Å². The summed E-state index contributed by atoms with van der Waals surface area (Å²) >= 11 is 1.12. The maximum atomic E-state index is 12.5. The van der Waals surface area contributed by atoms with Crippen LogP contribution in [-0.4, -0.2) is 19.5 Å². The standard InChI is InChI=1S/C18H19N3O4S2/c1-18(2,3)14-11-15(20-25-14)19-17(22)12-6-4-7-13(10-12)21-27(23,24)16-8-5-9-26-16/h4-11,21H,1-3H3,(H,19,20,22). The van der Waals surface area contributed by atoms with Crippen LogP contribution in [0.5, 0.6) is 0 Å². The van der Waals surface area contributed by atoms with Crippen LogP contribution in [0.15, 0.2) is 56.6 Å². The first-order valence-corrected chi connectivity index (χ1v) is 10.5. The largest absolute Gasteiger partial charge is 0.359 e. The second kappa shape index (κ2) is 7.16. The lowest BCUT2D eigenvalue weighted by molar-refractivity contribution is 0.102. The van der Waals surface area contributed by atoms with Gasteiger partial charge in [0, 0.05) is 22.7 Å². The fraction of sp³-hybridized carbons (Fsp3) is 0.222. The van der Waals surface area contributed by atoms with Crippen molar-refractivity contribution < 1.29 is 17.7 Å². The van der Waals surface area contributed by atoms with Crippen molar-refractivity contribution in [1.82, 2.24) is 5.16 Å². The average Bonchev–Trinajstić information content (AvgIpc) is 3.26. The Kier molecular flexibility index (Phi) is 5.07. The Bertz CT molecular complexity index is 1050. The number of anilines is 2. The molecule has 9 heteroatoms. The van der Waals surface area contributed by atoms with E-state index in [0.717, 1.165) is 11.3 Å². The van der Waals surface area contributed by atoms with E-state index in [1.807, 2.05) is 20.8 Å². The Balaban J connectivity index is 1.75. The fourth-order valence-electron chi connectivity index (χ4n) is 2.22. The molecular formula is C18H19N3O4S2. The van der Waals surface area contributed by atoms with Crippen LogP contribution in [0.4, 0.5) is 11.5 Å². The van der Waals surface area contributed by atoms with Gasteiger partial charge >= 0.3 is 0 Å². The summed E-state index contributed by atoms with van der Waals surface area (Å²) in [5, 5.41) is 8.18. The van der Waals surface area contributed by atoms with Gasteiger partial charge in [-0.3, -0.25) is 9.52 Å². The Morgan fingerprint density at radius 2 is 1.93 bits per heavy atom. The molecule has 0 unspecified atom stereocenters. The number of nitrogens with one attached hydrogen (secondary N) is 2. The van der Waals surface area contributed by atoms with Crippen LogP contribution in [0, 0.1) is 0 Å². The normalized spacial score (nSPS) is 12.0. The molecule has 0 aliphatic carbocycles. The van der Waals surface area contributed by atoms with E-state index in [2.05, 4.69) is 15.2 Å². The van der Waals surface area contributed by atoms with E-state index >= 15 is 0 Å². The first kappa shape index (κ1) is 19.1. The molecule has 2 aromatic heterocycles. The van der Waals surface area contributed by atoms with Crippen molar-refractivity contribution in [3.63, 3.8) is 0 Å². The predicted octanol–water partition coefficient (Wildman–Crippen LogP) is 4.09. The molecule has 27 heavy (non-hydrogen) atoms. The number of nitrogens with zero attached hydrogens (tertiary/aromatic N) is 1. The number of carbonyl (C=O) groups excluding carboxylic acids is 1. The highest BCUT2D eigenvalue weighted by Crippen LogP contribution is 2.25. The van der Waals surface area contributed by atoms with Gasteiger partial charge in [0.05, 0.1) is 0 Å². The van der Waals surface area contributed by atoms with Crippen LogP contribution in [0.25, 0.3) is 0 Å². The molecule has 0 saturated heterocycles.